The summed E-state index contributed by atoms with van der Waals surface area (Å²) < 4.78 is 12.3. The van der Waals surface area contributed by atoms with Crippen molar-refractivity contribution in [2.75, 3.05) is 56.5 Å². The fraction of sp³-hybridized carbons (Fsp3) is 0.375. The smallest absolute Gasteiger partial charge is 0.271 e. The molecule has 4 heterocycles. The number of ether oxygens (including phenoxy) is 2. The zero-order valence-corrected chi connectivity index (χ0v) is 19.4. The standard InChI is InChI=1S/C24H29N7O3/c1-17-4-3-5-18(14-17)19-6-8-30(27-19)21-16-23(29-9-12-34-13-10-29)31-22(26-21)15-20(28-31)24(32)25-7-11-33-2/h3-6,8,14-16,19,27H,7,9-13H2,1-2H3,(H,25,32). The topological polar surface area (TPSA) is 96.3 Å². The first-order valence-corrected chi connectivity index (χ1v) is 11.4. The molecule has 10 heteroatoms. The van der Waals surface area contributed by atoms with Crippen molar-refractivity contribution in [3.05, 3.63) is 65.5 Å². The van der Waals surface area contributed by atoms with E-state index in [0.717, 1.165) is 24.7 Å². The molecule has 0 bridgehead atoms. The van der Waals surface area contributed by atoms with Crippen LogP contribution in [-0.2, 0) is 9.47 Å². The monoisotopic (exact) mass is 463 g/mol. The van der Waals surface area contributed by atoms with Gasteiger partial charge >= 0.3 is 0 Å². The van der Waals surface area contributed by atoms with E-state index in [2.05, 4.69) is 58.0 Å². The molecule has 0 aliphatic carbocycles. The summed E-state index contributed by atoms with van der Waals surface area (Å²) in [6, 6.07) is 12.2. The molecule has 3 aromatic rings. The number of hydrogen-bond donors (Lipinski definition) is 2. The number of fused-ring (bicyclic) bond motifs is 1. The summed E-state index contributed by atoms with van der Waals surface area (Å²) in [7, 11) is 1.60. The van der Waals surface area contributed by atoms with Crippen molar-refractivity contribution in [2.45, 2.75) is 13.0 Å². The van der Waals surface area contributed by atoms with Gasteiger partial charge in [0.1, 0.15) is 5.82 Å². The van der Waals surface area contributed by atoms with Crippen LogP contribution in [0.25, 0.3) is 5.65 Å². The van der Waals surface area contributed by atoms with Crippen molar-refractivity contribution in [1.82, 2.24) is 25.3 Å². The van der Waals surface area contributed by atoms with Gasteiger partial charge < -0.3 is 19.7 Å². The maximum absolute atomic E-state index is 12.6. The zero-order chi connectivity index (χ0) is 23.5. The molecule has 5 rings (SSSR count). The predicted molar refractivity (Wildman–Crippen MR) is 129 cm³/mol. The van der Waals surface area contributed by atoms with E-state index in [9.17, 15) is 4.79 Å². The summed E-state index contributed by atoms with van der Waals surface area (Å²) in [5, 5.41) is 9.31. The van der Waals surface area contributed by atoms with Gasteiger partial charge in [0.2, 0.25) is 0 Å². The second-order valence-electron chi connectivity index (χ2n) is 8.35. The molecule has 1 amide bonds. The van der Waals surface area contributed by atoms with Crippen molar-refractivity contribution < 1.29 is 14.3 Å². The molecule has 0 saturated carbocycles. The number of methoxy groups -OCH3 is 1. The minimum absolute atomic E-state index is 0.0526. The number of amides is 1. The molecule has 2 aliphatic heterocycles. The highest BCUT2D eigenvalue weighted by molar-refractivity contribution is 5.93. The Morgan fingerprint density at radius 1 is 1.26 bits per heavy atom. The van der Waals surface area contributed by atoms with E-state index in [0.29, 0.717) is 37.7 Å². The summed E-state index contributed by atoms with van der Waals surface area (Å²) >= 11 is 0. The Balaban J connectivity index is 1.46. The molecule has 34 heavy (non-hydrogen) atoms. The van der Waals surface area contributed by atoms with Crippen LogP contribution in [0, 0.1) is 6.92 Å². The first kappa shape index (κ1) is 22.3. The fourth-order valence-electron chi connectivity index (χ4n) is 4.15. The average Bonchev–Trinajstić information content (AvgIpc) is 3.52. The van der Waals surface area contributed by atoms with Gasteiger partial charge in [-0.3, -0.25) is 9.80 Å². The third-order valence-corrected chi connectivity index (χ3v) is 5.91. The van der Waals surface area contributed by atoms with Crippen LogP contribution in [0.5, 0.6) is 0 Å². The summed E-state index contributed by atoms with van der Waals surface area (Å²) in [6.07, 6.45) is 4.10. The maximum Gasteiger partial charge on any atom is 0.271 e. The lowest BCUT2D eigenvalue weighted by atomic mass is 10.1. The Labute approximate surface area is 198 Å². The molecule has 1 aromatic carbocycles. The molecular formula is C24H29N7O3. The second kappa shape index (κ2) is 9.80. The van der Waals surface area contributed by atoms with Crippen LogP contribution in [0.2, 0.25) is 0 Å². The molecule has 1 atom stereocenters. The third-order valence-electron chi connectivity index (χ3n) is 5.91. The third kappa shape index (κ3) is 4.60. The number of nitrogens with zero attached hydrogens (tertiary/aromatic N) is 5. The minimum atomic E-state index is -0.254. The molecule has 0 radical (unpaired) electrons. The first-order chi connectivity index (χ1) is 16.6. The summed E-state index contributed by atoms with van der Waals surface area (Å²) in [5.41, 5.74) is 6.83. The van der Waals surface area contributed by atoms with Crippen LogP contribution in [0.15, 0.2) is 48.7 Å². The lowest BCUT2D eigenvalue weighted by molar-refractivity contribution is 0.0931. The van der Waals surface area contributed by atoms with E-state index in [1.54, 1.807) is 17.7 Å². The van der Waals surface area contributed by atoms with Crippen LogP contribution in [0.1, 0.15) is 27.7 Å². The number of anilines is 2. The number of nitrogens with one attached hydrogen (secondary N) is 2. The number of hydrazine groups is 1. The van der Waals surface area contributed by atoms with E-state index in [4.69, 9.17) is 14.5 Å². The SMILES string of the molecule is COCCNC(=O)c1cc2nc(N3C=CC(c4cccc(C)c4)N3)cc(N3CCOCC3)n2n1. The highest BCUT2D eigenvalue weighted by Gasteiger charge is 2.24. The van der Waals surface area contributed by atoms with E-state index >= 15 is 0 Å². The number of morpholine rings is 1. The Morgan fingerprint density at radius 2 is 2.12 bits per heavy atom. The largest absolute Gasteiger partial charge is 0.383 e. The maximum atomic E-state index is 12.6. The Kier molecular flexibility index (Phi) is 6.43. The Bertz CT molecular complexity index is 1200. The van der Waals surface area contributed by atoms with Gasteiger partial charge in [-0.05, 0) is 18.6 Å². The molecule has 178 valence electrons. The van der Waals surface area contributed by atoms with Gasteiger partial charge in [-0.15, -0.1) is 0 Å². The molecule has 0 spiro atoms. The Morgan fingerprint density at radius 3 is 2.91 bits per heavy atom. The summed E-state index contributed by atoms with van der Waals surface area (Å²) in [5.74, 6) is 1.34. The minimum Gasteiger partial charge on any atom is -0.383 e. The van der Waals surface area contributed by atoms with E-state index in [-0.39, 0.29) is 11.9 Å². The molecule has 1 unspecified atom stereocenters. The molecular weight excluding hydrogens is 434 g/mol. The van der Waals surface area contributed by atoms with E-state index < -0.39 is 0 Å². The number of carbonyl (C=O) groups is 1. The van der Waals surface area contributed by atoms with Gasteiger partial charge in [0.15, 0.2) is 17.2 Å². The molecule has 2 N–H and O–H groups in total. The molecule has 1 saturated heterocycles. The van der Waals surface area contributed by atoms with E-state index in [1.807, 2.05) is 17.3 Å². The second-order valence-corrected chi connectivity index (χ2v) is 8.35. The Hall–Kier alpha value is -3.47. The average molecular weight is 464 g/mol. The van der Waals surface area contributed by atoms with Gasteiger partial charge in [0.25, 0.3) is 5.91 Å². The van der Waals surface area contributed by atoms with Crippen LogP contribution in [0.4, 0.5) is 11.6 Å². The number of carbonyl (C=O) groups excluding carboxylic acids is 1. The number of aromatic nitrogens is 3. The summed E-state index contributed by atoms with van der Waals surface area (Å²) in [6.45, 7) is 5.71. The highest BCUT2D eigenvalue weighted by atomic mass is 16.5. The van der Waals surface area contributed by atoms with Crippen molar-refractivity contribution in [2.24, 2.45) is 0 Å². The van der Waals surface area contributed by atoms with Gasteiger partial charge in [-0.25, -0.2) is 10.4 Å². The van der Waals surface area contributed by atoms with Crippen LogP contribution in [0.3, 0.4) is 0 Å². The molecule has 1 fully saturated rings. The van der Waals surface area contributed by atoms with Gasteiger partial charge in [-0.1, -0.05) is 29.8 Å². The number of hydrogen-bond acceptors (Lipinski definition) is 8. The van der Waals surface area contributed by atoms with Crippen molar-refractivity contribution in [3.8, 4) is 0 Å². The van der Waals surface area contributed by atoms with Crippen molar-refractivity contribution in [1.29, 1.82) is 0 Å². The van der Waals surface area contributed by atoms with E-state index in [1.165, 1.54) is 11.1 Å². The zero-order valence-electron chi connectivity index (χ0n) is 19.4. The van der Waals surface area contributed by atoms with Gasteiger partial charge in [-0.2, -0.15) is 9.61 Å². The van der Waals surface area contributed by atoms with Crippen LogP contribution in [-0.4, -0.2) is 67.1 Å². The molecule has 2 aliphatic rings. The normalized spacial score (nSPS) is 18.1. The predicted octanol–water partition coefficient (Wildman–Crippen LogP) is 1.83. The number of benzene rings is 1. The van der Waals surface area contributed by atoms with Crippen molar-refractivity contribution >= 4 is 23.2 Å². The fourth-order valence-corrected chi connectivity index (χ4v) is 4.15. The van der Waals surface area contributed by atoms with Crippen molar-refractivity contribution in [3.63, 3.8) is 0 Å². The number of aryl methyl sites for hydroxylation is 1. The van der Waals surface area contributed by atoms with Gasteiger partial charge in [0.05, 0.1) is 25.9 Å². The van der Waals surface area contributed by atoms with Crippen LogP contribution >= 0.6 is 0 Å². The van der Waals surface area contributed by atoms with Gasteiger partial charge in [0, 0.05) is 45.1 Å². The molecule has 10 nitrogen and oxygen atoms in total. The molecule has 2 aromatic heterocycles. The number of rotatable bonds is 7. The lowest BCUT2D eigenvalue weighted by Gasteiger charge is -2.29. The quantitative estimate of drug-likeness (QED) is 0.513. The lowest BCUT2D eigenvalue weighted by Crippen LogP contribution is -2.38. The van der Waals surface area contributed by atoms with Crippen LogP contribution < -0.4 is 20.7 Å². The summed E-state index contributed by atoms with van der Waals surface area (Å²) in [4.78, 5) is 19.6. The highest BCUT2D eigenvalue weighted by Crippen LogP contribution is 2.28. The first-order valence-electron chi connectivity index (χ1n) is 11.4.